The van der Waals surface area contributed by atoms with Crippen LogP contribution in [0.25, 0.3) is 0 Å². The summed E-state index contributed by atoms with van der Waals surface area (Å²) in [7, 11) is 1.38. The monoisotopic (exact) mass is 396 g/mol. The smallest absolute Gasteiger partial charge is 0.337 e. The molecule has 3 rings (SSSR count). The Balaban J connectivity index is 1.62. The molecule has 0 atom stereocenters. The van der Waals surface area contributed by atoms with Crippen molar-refractivity contribution >= 4 is 17.6 Å². The molecular weight excluding hydrogens is 368 g/mol. The third kappa shape index (κ3) is 5.19. The number of methoxy groups -OCH3 is 1. The summed E-state index contributed by atoms with van der Waals surface area (Å²) >= 11 is 0. The summed E-state index contributed by atoms with van der Waals surface area (Å²) in [5.74, 6) is 0.856. The first-order valence-corrected chi connectivity index (χ1v) is 9.85. The molecule has 7 nitrogen and oxygen atoms in total. The van der Waals surface area contributed by atoms with E-state index in [4.69, 9.17) is 9.73 Å². The van der Waals surface area contributed by atoms with Crippen molar-refractivity contribution in [2.45, 2.75) is 13.5 Å². The second-order valence-electron chi connectivity index (χ2n) is 6.82. The molecule has 1 heterocycles. The minimum atomic E-state index is -0.337. The van der Waals surface area contributed by atoms with Crippen LogP contribution in [0.4, 0.5) is 5.69 Å². The topological polar surface area (TPSA) is 77.4 Å². The summed E-state index contributed by atoms with van der Waals surface area (Å²) in [6, 6.07) is 14.8. The van der Waals surface area contributed by atoms with Crippen molar-refractivity contribution in [3.8, 4) is 5.75 Å². The van der Waals surface area contributed by atoms with Crippen LogP contribution in [0.2, 0.25) is 0 Å². The van der Waals surface area contributed by atoms with Crippen LogP contribution in [-0.4, -0.2) is 61.8 Å². The van der Waals surface area contributed by atoms with E-state index in [0.717, 1.165) is 49.9 Å². The fourth-order valence-corrected chi connectivity index (χ4v) is 3.35. The Bertz CT molecular complexity index is 843. The number of carbonyl (C=O) groups excluding carboxylic acids is 1. The molecule has 1 aliphatic rings. The second kappa shape index (κ2) is 9.82. The highest BCUT2D eigenvalue weighted by atomic mass is 16.5. The number of aliphatic imine (C=N–C) groups is 1. The van der Waals surface area contributed by atoms with Crippen molar-refractivity contribution < 1.29 is 14.6 Å². The minimum absolute atomic E-state index is 0.317. The van der Waals surface area contributed by atoms with Gasteiger partial charge in [-0.25, -0.2) is 9.79 Å². The highest BCUT2D eigenvalue weighted by Crippen LogP contribution is 2.27. The molecule has 0 aromatic heterocycles. The number of rotatable bonds is 5. The van der Waals surface area contributed by atoms with Gasteiger partial charge in [-0.3, -0.25) is 0 Å². The minimum Gasteiger partial charge on any atom is -0.506 e. The first-order valence-electron chi connectivity index (χ1n) is 9.85. The van der Waals surface area contributed by atoms with E-state index >= 15 is 0 Å². The molecule has 154 valence electrons. The summed E-state index contributed by atoms with van der Waals surface area (Å²) in [5, 5.41) is 13.4. The zero-order valence-corrected chi connectivity index (χ0v) is 17.0. The van der Waals surface area contributed by atoms with Gasteiger partial charge in [-0.2, -0.15) is 0 Å². The summed E-state index contributed by atoms with van der Waals surface area (Å²) in [6.07, 6.45) is 0. The number of carbonyl (C=O) groups is 1. The molecule has 0 radical (unpaired) electrons. The maximum atomic E-state index is 11.5. The van der Waals surface area contributed by atoms with Crippen molar-refractivity contribution in [2.75, 3.05) is 44.7 Å². The van der Waals surface area contributed by atoms with Gasteiger partial charge in [0.1, 0.15) is 5.75 Å². The number of hydrogen-bond acceptors (Lipinski definition) is 5. The van der Waals surface area contributed by atoms with Gasteiger partial charge < -0.3 is 25.0 Å². The number of para-hydroxylation sites is 2. The molecule has 2 aromatic carbocycles. The van der Waals surface area contributed by atoms with E-state index in [-0.39, 0.29) is 5.97 Å². The predicted octanol–water partition coefficient (Wildman–Crippen LogP) is 2.47. The first kappa shape index (κ1) is 20.5. The zero-order chi connectivity index (χ0) is 20.6. The van der Waals surface area contributed by atoms with Crippen molar-refractivity contribution in [2.24, 2.45) is 4.99 Å². The van der Waals surface area contributed by atoms with Crippen molar-refractivity contribution in [1.82, 2.24) is 10.2 Å². The zero-order valence-electron chi connectivity index (χ0n) is 17.0. The van der Waals surface area contributed by atoms with E-state index in [0.29, 0.717) is 17.9 Å². The van der Waals surface area contributed by atoms with Gasteiger partial charge in [0.2, 0.25) is 0 Å². The van der Waals surface area contributed by atoms with Gasteiger partial charge in [-0.05, 0) is 36.8 Å². The first-order chi connectivity index (χ1) is 14.1. The molecule has 0 unspecified atom stereocenters. The van der Waals surface area contributed by atoms with Crippen LogP contribution in [-0.2, 0) is 11.3 Å². The average Bonchev–Trinajstić information content (AvgIpc) is 2.77. The summed E-state index contributed by atoms with van der Waals surface area (Å²) in [5.41, 5.74) is 2.44. The van der Waals surface area contributed by atoms with Crippen LogP contribution >= 0.6 is 0 Å². The second-order valence-corrected chi connectivity index (χ2v) is 6.82. The lowest BCUT2D eigenvalue weighted by atomic mass is 10.1. The maximum Gasteiger partial charge on any atom is 0.337 e. The van der Waals surface area contributed by atoms with Gasteiger partial charge in [0.05, 0.1) is 24.9 Å². The normalized spacial score (nSPS) is 14.6. The Hall–Kier alpha value is -3.22. The van der Waals surface area contributed by atoms with E-state index in [1.165, 1.54) is 7.11 Å². The predicted molar refractivity (Wildman–Crippen MR) is 114 cm³/mol. The van der Waals surface area contributed by atoms with Crippen molar-refractivity contribution in [3.63, 3.8) is 0 Å². The molecule has 0 amide bonds. The Morgan fingerprint density at radius 2 is 1.79 bits per heavy atom. The van der Waals surface area contributed by atoms with Gasteiger partial charge >= 0.3 is 5.97 Å². The van der Waals surface area contributed by atoms with E-state index in [9.17, 15) is 9.90 Å². The van der Waals surface area contributed by atoms with Gasteiger partial charge in [0, 0.05) is 32.7 Å². The number of aromatic hydroxyl groups is 1. The van der Waals surface area contributed by atoms with Crippen molar-refractivity contribution in [1.29, 1.82) is 0 Å². The average molecular weight is 396 g/mol. The molecule has 0 spiro atoms. The van der Waals surface area contributed by atoms with Crippen LogP contribution in [0.1, 0.15) is 22.8 Å². The van der Waals surface area contributed by atoms with Crippen LogP contribution < -0.4 is 10.2 Å². The molecule has 2 aromatic rings. The SMILES string of the molecule is CCNC(=NCc1ccc(C(=O)OC)cc1)N1CCN(c2ccccc2O)CC1. The number of phenolic OH excluding ortho intramolecular Hbond substituents is 1. The number of benzene rings is 2. The fraction of sp³-hybridized carbons (Fsp3) is 0.364. The number of phenols is 1. The van der Waals surface area contributed by atoms with Crippen LogP contribution in [0.3, 0.4) is 0 Å². The van der Waals surface area contributed by atoms with E-state index in [2.05, 4.69) is 22.0 Å². The Morgan fingerprint density at radius 3 is 2.41 bits per heavy atom. The lowest BCUT2D eigenvalue weighted by Crippen LogP contribution is -2.52. The Kier molecular flexibility index (Phi) is 6.94. The highest BCUT2D eigenvalue weighted by Gasteiger charge is 2.21. The van der Waals surface area contributed by atoms with Gasteiger partial charge in [-0.15, -0.1) is 0 Å². The van der Waals surface area contributed by atoms with Gasteiger partial charge in [0.25, 0.3) is 0 Å². The number of ether oxygens (including phenoxy) is 1. The highest BCUT2D eigenvalue weighted by molar-refractivity contribution is 5.89. The third-order valence-electron chi connectivity index (χ3n) is 4.92. The number of esters is 1. The molecule has 2 N–H and O–H groups in total. The Labute approximate surface area is 171 Å². The molecule has 0 saturated carbocycles. The summed E-state index contributed by atoms with van der Waals surface area (Å²) in [6.45, 7) is 6.65. The number of nitrogens with zero attached hydrogens (tertiary/aromatic N) is 3. The lowest BCUT2D eigenvalue weighted by molar-refractivity contribution is 0.0600. The van der Waals surface area contributed by atoms with Gasteiger partial charge in [0.15, 0.2) is 5.96 Å². The van der Waals surface area contributed by atoms with E-state index in [1.54, 1.807) is 18.2 Å². The summed E-state index contributed by atoms with van der Waals surface area (Å²) < 4.78 is 4.73. The Morgan fingerprint density at radius 1 is 1.10 bits per heavy atom. The largest absolute Gasteiger partial charge is 0.506 e. The van der Waals surface area contributed by atoms with Gasteiger partial charge in [-0.1, -0.05) is 24.3 Å². The molecule has 29 heavy (non-hydrogen) atoms. The van der Waals surface area contributed by atoms with E-state index < -0.39 is 0 Å². The van der Waals surface area contributed by atoms with Crippen LogP contribution in [0.5, 0.6) is 5.75 Å². The molecule has 1 aliphatic heterocycles. The maximum absolute atomic E-state index is 11.5. The fourth-order valence-electron chi connectivity index (χ4n) is 3.35. The molecule has 7 heteroatoms. The van der Waals surface area contributed by atoms with Crippen molar-refractivity contribution in [3.05, 3.63) is 59.7 Å². The number of piperazine rings is 1. The molecule has 0 aliphatic carbocycles. The summed E-state index contributed by atoms with van der Waals surface area (Å²) in [4.78, 5) is 20.7. The third-order valence-corrected chi connectivity index (χ3v) is 4.92. The number of hydrogen-bond donors (Lipinski definition) is 2. The number of guanidine groups is 1. The quantitative estimate of drug-likeness (QED) is 0.459. The van der Waals surface area contributed by atoms with E-state index in [1.807, 2.05) is 30.3 Å². The van der Waals surface area contributed by atoms with Crippen LogP contribution in [0, 0.1) is 0 Å². The standard InChI is InChI=1S/C22H28N4O3/c1-3-23-22(24-16-17-8-10-18(11-9-17)21(28)29-2)26-14-12-25(13-15-26)19-6-4-5-7-20(19)27/h4-11,27H,3,12-16H2,1-2H3,(H,23,24). The molecule has 1 fully saturated rings. The molecule has 1 saturated heterocycles. The number of anilines is 1. The number of nitrogens with one attached hydrogen (secondary N) is 1. The lowest BCUT2D eigenvalue weighted by Gasteiger charge is -2.37. The van der Waals surface area contributed by atoms with Crippen LogP contribution in [0.15, 0.2) is 53.5 Å². The molecule has 0 bridgehead atoms. The molecular formula is C22H28N4O3.